The van der Waals surface area contributed by atoms with Crippen LogP contribution in [0, 0.1) is 0 Å². The number of hydrogen-bond donors (Lipinski definition) is 2. The number of aromatic nitrogens is 1. The van der Waals surface area contributed by atoms with Crippen molar-refractivity contribution in [3.8, 4) is 11.6 Å². The fourth-order valence-electron chi connectivity index (χ4n) is 1.26. The zero-order valence-electron chi connectivity index (χ0n) is 8.75. The van der Waals surface area contributed by atoms with Gasteiger partial charge < -0.3 is 14.8 Å². The Balaban J connectivity index is 2.14. The lowest BCUT2D eigenvalue weighted by molar-refractivity contribution is 0.425. The molecule has 0 aliphatic rings. The van der Waals surface area contributed by atoms with E-state index in [0.29, 0.717) is 22.1 Å². The summed E-state index contributed by atoms with van der Waals surface area (Å²) in [5, 5.41) is 18.4. The first-order valence-electron chi connectivity index (χ1n) is 4.90. The van der Waals surface area contributed by atoms with Crippen molar-refractivity contribution in [2.75, 3.05) is 0 Å². The Morgan fingerprint density at radius 1 is 1.18 bits per heavy atom. The highest BCUT2D eigenvalue weighted by molar-refractivity contribution is 6.58. The van der Waals surface area contributed by atoms with Crippen LogP contribution in [-0.2, 0) is 0 Å². The Hall–Kier alpha value is -1.56. The van der Waals surface area contributed by atoms with E-state index in [2.05, 4.69) is 4.98 Å². The molecule has 1 aromatic heterocycles. The van der Waals surface area contributed by atoms with Gasteiger partial charge in [-0.3, -0.25) is 0 Å². The first-order chi connectivity index (χ1) is 8.15. The van der Waals surface area contributed by atoms with Gasteiger partial charge in [0.05, 0.1) is 0 Å². The molecule has 2 aromatic rings. The molecule has 0 fully saturated rings. The van der Waals surface area contributed by atoms with Crippen molar-refractivity contribution in [3.63, 3.8) is 0 Å². The summed E-state index contributed by atoms with van der Waals surface area (Å²) in [6.45, 7) is 0. The van der Waals surface area contributed by atoms with Gasteiger partial charge in [0.1, 0.15) is 5.75 Å². The number of rotatable bonds is 3. The van der Waals surface area contributed by atoms with Crippen LogP contribution in [0.2, 0.25) is 5.02 Å². The lowest BCUT2D eigenvalue weighted by Gasteiger charge is -2.05. The second kappa shape index (κ2) is 5.18. The Morgan fingerprint density at radius 3 is 2.59 bits per heavy atom. The Morgan fingerprint density at radius 2 is 2.00 bits per heavy atom. The molecule has 0 aliphatic carbocycles. The van der Waals surface area contributed by atoms with Crippen LogP contribution in [-0.4, -0.2) is 22.2 Å². The van der Waals surface area contributed by atoms with E-state index in [1.54, 1.807) is 30.3 Å². The van der Waals surface area contributed by atoms with Crippen LogP contribution >= 0.6 is 11.6 Å². The summed E-state index contributed by atoms with van der Waals surface area (Å²) in [4.78, 5) is 3.94. The van der Waals surface area contributed by atoms with Gasteiger partial charge in [0.25, 0.3) is 0 Å². The normalized spacial score (nSPS) is 10.1. The Labute approximate surface area is 104 Å². The molecule has 86 valence electrons. The Bertz CT molecular complexity index is 504. The molecule has 17 heavy (non-hydrogen) atoms. The highest BCUT2D eigenvalue weighted by Crippen LogP contribution is 2.21. The summed E-state index contributed by atoms with van der Waals surface area (Å²) in [6.07, 6.45) is 1.34. The van der Waals surface area contributed by atoms with Gasteiger partial charge in [0.15, 0.2) is 0 Å². The molecule has 0 atom stereocenters. The molecule has 0 spiro atoms. The quantitative estimate of drug-likeness (QED) is 0.803. The number of pyridine rings is 1. The fourth-order valence-corrected chi connectivity index (χ4v) is 1.44. The van der Waals surface area contributed by atoms with Gasteiger partial charge in [-0.2, -0.15) is 0 Å². The maximum Gasteiger partial charge on any atom is 0.490 e. The lowest BCUT2D eigenvalue weighted by Crippen LogP contribution is -2.29. The zero-order valence-corrected chi connectivity index (χ0v) is 9.50. The van der Waals surface area contributed by atoms with Gasteiger partial charge in [0, 0.05) is 22.7 Å². The molecule has 0 aliphatic heterocycles. The summed E-state index contributed by atoms with van der Waals surface area (Å²) in [7, 11) is -1.53. The van der Waals surface area contributed by atoms with Crippen molar-refractivity contribution < 1.29 is 14.8 Å². The van der Waals surface area contributed by atoms with E-state index in [1.807, 2.05) is 0 Å². The molecule has 2 rings (SSSR count). The van der Waals surface area contributed by atoms with Gasteiger partial charge in [-0.1, -0.05) is 23.7 Å². The van der Waals surface area contributed by atoms with Crippen molar-refractivity contribution in [2.24, 2.45) is 0 Å². The Kier molecular flexibility index (Phi) is 3.63. The van der Waals surface area contributed by atoms with Crippen LogP contribution in [0.5, 0.6) is 11.6 Å². The van der Waals surface area contributed by atoms with Crippen molar-refractivity contribution in [2.45, 2.75) is 0 Å². The van der Waals surface area contributed by atoms with E-state index in [0.717, 1.165) is 0 Å². The monoisotopic (exact) mass is 249 g/mol. The minimum Gasteiger partial charge on any atom is -0.439 e. The SMILES string of the molecule is OB(O)c1ccc(Oc2cccc(Cl)c2)nc1. The summed E-state index contributed by atoms with van der Waals surface area (Å²) < 4.78 is 5.44. The zero-order chi connectivity index (χ0) is 12.3. The number of benzene rings is 1. The minimum absolute atomic E-state index is 0.309. The average molecular weight is 249 g/mol. The molecule has 6 heteroatoms. The molecule has 0 amide bonds. The van der Waals surface area contributed by atoms with Crippen LogP contribution in [0.4, 0.5) is 0 Å². The summed E-state index contributed by atoms with van der Waals surface area (Å²) in [5.74, 6) is 0.930. The maximum absolute atomic E-state index is 8.90. The first kappa shape index (κ1) is 11.9. The fraction of sp³-hybridized carbons (Fsp3) is 0. The average Bonchev–Trinajstić information content (AvgIpc) is 2.29. The van der Waals surface area contributed by atoms with E-state index in [1.165, 1.54) is 12.3 Å². The molecule has 0 saturated carbocycles. The molecule has 2 N–H and O–H groups in total. The number of hydrogen-bond acceptors (Lipinski definition) is 4. The van der Waals surface area contributed by atoms with Crippen LogP contribution in [0.25, 0.3) is 0 Å². The summed E-state index contributed by atoms with van der Waals surface area (Å²) in [6, 6.07) is 10.0. The van der Waals surface area contributed by atoms with E-state index in [-0.39, 0.29) is 0 Å². The van der Waals surface area contributed by atoms with Gasteiger partial charge in [0.2, 0.25) is 5.88 Å². The molecular formula is C11H9BClNO3. The van der Waals surface area contributed by atoms with Gasteiger partial charge in [-0.15, -0.1) is 0 Å². The van der Waals surface area contributed by atoms with E-state index in [4.69, 9.17) is 26.4 Å². The third-order valence-corrected chi connectivity index (χ3v) is 2.31. The minimum atomic E-state index is -1.53. The predicted molar refractivity (Wildman–Crippen MR) is 65.6 cm³/mol. The van der Waals surface area contributed by atoms with Crippen molar-refractivity contribution in [3.05, 3.63) is 47.6 Å². The third kappa shape index (κ3) is 3.20. The van der Waals surface area contributed by atoms with Crippen molar-refractivity contribution in [1.29, 1.82) is 0 Å². The van der Waals surface area contributed by atoms with Gasteiger partial charge >= 0.3 is 7.12 Å². The molecule has 0 unspecified atom stereocenters. The molecule has 0 bridgehead atoms. The largest absolute Gasteiger partial charge is 0.490 e. The predicted octanol–water partition coefficient (Wildman–Crippen LogP) is 1.21. The molecule has 0 radical (unpaired) electrons. The van der Waals surface area contributed by atoms with Crippen molar-refractivity contribution in [1.82, 2.24) is 4.98 Å². The number of nitrogens with zero attached hydrogens (tertiary/aromatic N) is 1. The maximum atomic E-state index is 8.90. The van der Waals surface area contributed by atoms with Crippen LogP contribution in [0.3, 0.4) is 0 Å². The molecular weight excluding hydrogens is 240 g/mol. The molecule has 1 heterocycles. The summed E-state index contributed by atoms with van der Waals surface area (Å²) >= 11 is 5.81. The molecule has 4 nitrogen and oxygen atoms in total. The van der Waals surface area contributed by atoms with Crippen molar-refractivity contribution >= 4 is 24.2 Å². The second-order valence-electron chi connectivity index (χ2n) is 3.36. The molecule has 0 saturated heterocycles. The number of ether oxygens (including phenoxy) is 1. The van der Waals surface area contributed by atoms with E-state index < -0.39 is 7.12 Å². The van der Waals surface area contributed by atoms with Crippen LogP contribution in [0.15, 0.2) is 42.6 Å². The standard InChI is InChI=1S/C11H9BClNO3/c13-9-2-1-3-10(6-9)17-11-5-4-8(7-14-11)12(15)16/h1-7,15-16H. The first-order valence-corrected chi connectivity index (χ1v) is 5.28. The van der Waals surface area contributed by atoms with Crippen LogP contribution in [0.1, 0.15) is 0 Å². The number of halogens is 1. The van der Waals surface area contributed by atoms with E-state index >= 15 is 0 Å². The third-order valence-electron chi connectivity index (χ3n) is 2.08. The van der Waals surface area contributed by atoms with Gasteiger partial charge in [-0.25, -0.2) is 4.98 Å². The molecule has 1 aromatic carbocycles. The second-order valence-corrected chi connectivity index (χ2v) is 3.80. The smallest absolute Gasteiger partial charge is 0.439 e. The highest BCUT2D eigenvalue weighted by Gasteiger charge is 2.11. The van der Waals surface area contributed by atoms with Gasteiger partial charge in [-0.05, 0) is 18.2 Å². The van der Waals surface area contributed by atoms with E-state index in [9.17, 15) is 0 Å². The highest BCUT2D eigenvalue weighted by atomic mass is 35.5. The lowest BCUT2D eigenvalue weighted by atomic mass is 9.82. The summed E-state index contributed by atoms with van der Waals surface area (Å²) in [5.41, 5.74) is 0.309. The topological polar surface area (TPSA) is 62.6 Å². The van der Waals surface area contributed by atoms with Crippen LogP contribution < -0.4 is 10.2 Å².